The lowest BCUT2D eigenvalue weighted by Crippen LogP contribution is -2.34. The van der Waals surface area contributed by atoms with E-state index in [4.69, 9.17) is 4.74 Å². The third-order valence-corrected chi connectivity index (χ3v) is 4.16. The van der Waals surface area contributed by atoms with Gasteiger partial charge in [-0.05, 0) is 31.7 Å². The fourth-order valence-corrected chi connectivity index (χ4v) is 2.92. The van der Waals surface area contributed by atoms with Gasteiger partial charge < -0.3 is 10.1 Å². The smallest absolute Gasteiger partial charge is 0.123 e. The number of hydrogen-bond acceptors (Lipinski definition) is 2. The van der Waals surface area contributed by atoms with Gasteiger partial charge in [-0.2, -0.15) is 0 Å². The van der Waals surface area contributed by atoms with Crippen molar-refractivity contribution in [1.29, 1.82) is 0 Å². The van der Waals surface area contributed by atoms with Crippen molar-refractivity contribution in [3.05, 3.63) is 29.8 Å². The van der Waals surface area contributed by atoms with E-state index in [1.807, 2.05) is 12.1 Å². The van der Waals surface area contributed by atoms with Gasteiger partial charge in [0.25, 0.3) is 0 Å². The highest BCUT2D eigenvalue weighted by Gasteiger charge is 2.19. The molecule has 0 heterocycles. The van der Waals surface area contributed by atoms with Crippen molar-refractivity contribution >= 4 is 0 Å². The standard InChI is InChI=1S/C16H25NO/c1-13(14-8-4-3-5-9-14)17-12-15-10-6-7-11-16(15)18-2/h6-7,10-11,13-14,17H,3-5,8-9,12H2,1-2H3/t13-/m0/s1. The van der Waals surface area contributed by atoms with E-state index in [1.54, 1.807) is 7.11 Å². The highest BCUT2D eigenvalue weighted by molar-refractivity contribution is 5.33. The first-order chi connectivity index (χ1) is 8.81. The van der Waals surface area contributed by atoms with Crippen molar-refractivity contribution in [2.45, 2.75) is 51.6 Å². The number of nitrogens with one attached hydrogen (secondary N) is 1. The van der Waals surface area contributed by atoms with Crippen LogP contribution in [0.4, 0.5) is 0 Å². The molecule has 1 saturated carbocycles. The highest BCUT2D eigenvalue weighted by Crippen LogP contribution is 2.26. The third-order valence-electron chi connectivity index (χ3n) is 4.16. The molecule has 1 atom stereocenters. The lowest BCUT2D eigenvalue weighted by Gasteiger charge is -2.28. The Bertz CT molecular complexity index is 358. The van der Waals surface area contributed by atoms with E-state index in [0.29, 0.717) is 6.04 Å². The molecule has 1 N–H and O–H groups in total. The normalized spacial score (nSPS) is 18.6. The van der Waals surface area contributed by atoms with E-state index < -0.39 is 0 Å². The molecule has 100 valence electrons. The summed E-state index contributed by atoms with van der Waals surface area (Å²) in [5, 5.41) is 3.66. The number of methoxy groups -OCH3 is 1. The van der Waals surface area contributed by atoms with E-state index in [2.05, 4.69) is 24.4 Å². The number of hydrogen-bond donors (Lipinski definition) is 1. The summed E-state index contributed by atoms with van der Waals surface area (Å²) < 4.78 is 5.38. The van der Waals surface area contributed by atoms with Gasteiger partial charge in [0.15, 0.2) is 0 Å². The van der Waals surface area contributed by atoms with Crippen LogP contribution in [-0.2, 0) is 6.54 Å². The van der Waals surface area contributed by atoms with Gasteiger partial charge in [-0.15, -0.1) is 0 Å². The average molecular weight is 247 g/mol. The zero-order valence-electron chi connectivity index (χ0n) is 11.6. The lowest BCUT2D eigenvalue weighted by molar-refractivity contribution is 0.279. The van der Waals surface area contributed by atoms with Crippen LogP contribution >= 0.6 is 0 Å². The first-order valence-electron chi connectivity index (χ1n) is 7.16. The van der Waals surface area contributed by atoms with E-state index >= 15 is 0 Å². The highest BCUT2D eigenvalue weighted by atomic mass is 16.5. The van der Waals surface area contributed by atoms with Crippen LogP contribution in [0.15, 0.2) is 24.3 Å². The fourth-order valence-electron chi connectivity index (χ4n) is 2.92. The number of benzene rings is 1. The van der Waals surface area contributed by atoms with Gasteiger partial charge in [0.1, 0.15) is 5.75 Å². The van der Waals surface area contributed by atoms with E-state index in [-0.39, 0.29) is 0 Å². The molecule has 0 unspecified atom stereocenters. The largest absolute Gasteiger partial charge is 0.496 e. The number of rotatable bonds is 5. The van der Waals surface area contributed by atoms with E-state index in [0.717, 1.165) is 18.2 Å². The quantitative estimate of drug-likeness (QED) is 0.855. The minimum absolute atomic E-state index is 0.607. The fraction of sp³-hybridized carbons (Fsp3) is 0.625. The van der Waals surface area contributed by atoms with Crippen LogP contribution in [0, 0.1) is 5.92 Å². The number of ether oxygens (including phenoxy) is 1. The van der Waals surface area contributed by atoms with Gasteiger partial charge in [-0.3, -0.25) is 0 Å². The molecule has 2 heteroatoms. The Labute approximate surface area is 111 Å². The maximum atomic E-state index is 5.38. The molecule has 0 radical (unpaired) electrons. The summed E-state index contributed by atoms with van der Waals surface area (Å²) >= 11 is 0. The summed E-state index contributed by atoms with van der Waals surface area (Å²) in [6, 6.07) is 8.87. The van der Waals surface area contributed by atoms with Crippen LogP contribution in [0.2, 0.25) is 0 Å². The Kier molecular flexibility index (Phi) is 5.06. The summed E-state index contributed by atoms with van der Waals surface area (Å²) in [7, 11) is 1.74. The molecular weight excluding hydrogens is 222 g/mol. The molecule has 2 rings (SSSR count). The summed E-state index contributed by atoms with van der Waals surface area (Å²) in [6.45, 7) is 3.23. The SMILES string of the molecule is COc1ccccc1CN[C@@H](C)C1CCCCC1. The summed E-state index contributed by atoms with van der Waals surface area (Å²) in [6.07, 6.45) is 7.02. The molecule has 0 aromatic heterocycles. The summed E-state index contributed by atoms with van der Waals surface area (Å²) in [5.41, 5.74) is 1.25. The van der Waals surface area contributed by atoms with E-state index in [9.17, 15) is 0 Å². The van der Waals surface area contributed by atoms with Gasteiger partial charge in [0, 0.05) is 18.2 Å². The van der Waals surface area contributed by atoms with Crippen molar-refractivity contribution in [2.24, 2.45) is 5.92 Å². The second-order valence-electron chi connectivity index (χ2n) is 5.38. The molecule has 0 saturated heterocycles. The van der Waals surface area contributed by atoms with Gasteiger partial charge in [-0.1, -0.05) is 37.5 Å². The Morgan fingerprint density at radius 2 is 1.94 bits per heavy atom. The van der Waals surface area contributed by atoms with E-state index in [1.165, 1.54) is 37.7 Å². The molecule has 18 heavy (non-hydrogen) atoms. The maximum Gasteiger partial charge on any atom is 0.123 e. The molecule has 1 aliphatic carbocycles. The Balaban J connectivity index is 1.86. The van der Waals surface area contributed by atoms with Gasteiger partial charge >= 0.3 is 0 Å². The molecule has 0 spiro atoms. The van der Waals surface area contributed by atoms with Crippen LogP contribution in [0.5, 0.6) is 5.75 Å². The third kappa shape index (κ3) is 3.49. The predicted octanol–water partition coefficient (Wildman–Crippen LogP) is 3.75. The van der Waals surface area contributed by atoms with Gasteiger partial charge in [-0.25, -0.2) is 0 Å². The average Bonchev–Trinajstić information content (AvgIpc) is 2.46. The van der Waals surface area contributed by atoms with Crippen molar-refractivity contribution in [2.75, 3.05) is 7.11 Å². The Morgan fingerprint density at radius 3 is 2.67 bits per heavy atom. The molecule has 1 aromatic rings. The van der Waals surface area contributed by atoms with Crippen LogP contribution in [0.3, 0.4) is 0 Å². The molecule has 1 fully saturated rings. The maximum absolute atomic E-state index is 5.38. The lowest BCUT2D eigenvalue weighted by atomic mass is 9.84. The molecule has 0 aliphatic heterocycles. The van der Waals surface area contributed by atoms with Crippen molar-refractivity contribution in [1.82, 2.24) is 5.32 Å². The van der Waals surface area contributed by atoms with Crippen LogP contribution < -0.4 is 10.1 Å². The van der Waals surface area contributed by atoms with Crippen molar-refractivity contribution in [3.8, 4) is 5.75 Å². The Hall–Kier alpha value is -1.02. The molecule has 0 bridgehead atoms. The number of para-hydroxylation sites is 1. The van der Waals surface area contributed by atoms with Gasteiger partial charge in [0.05, 0.1) is 7.11 Å². The predicted molar refractivity (Wildman–Crippen MR) is 75.9 cm³/mol. The van der Waals surface area contributed by atoms with Crippen molar-refractivity contribution < 1.29 is 4.74 Å². The zero-order valence-corrected chi connectivity index (χ0v) is 11.6. The summed E-state index contributed by atoms with van der Waals surface area (Å²) in [5.74, 6) is 1.84. The molecule has 0 amide bonds. The van der Waals surface area contributed by atoms with Crippen molar-refractivity contribution in [3.63, 3.8) is 0 Å². The zero-order chi connectivity index (χ0) is 12.8. The molecular formula is C16H25NO. The van der Waals surface area contributed by atoms with Gasteiger partial charge in [0.2, 0.25) is 0 Å². The summed E-state index contributed by atoms with van der Waals surface area (Å²) in [4.78, 5) is 0. The monoisotopic (exact) mass is 247 g/mol. The topological polar surface area (TPSA) is 21.3 Å². The Morgan fingerprint density at radius 1 is 1.22 bits per heavy atom. The minimum atomic E-state index is 0.607. The second kappa shape index (κ2) is 6.79. The van der Waals surface area contributed by atoms with Crippen LogP contribution in [-0.4, -0.2) is 13.2 Å². The van der Waals surface area contributed by atoms with Crippen LogP contribution in [0.25, 0.3) is 0 Å². The molecule has 1 aromatic carbocycles. The first-order valence-corrected chi connectivity index (χ1v) is 7.16. The first kappa shape index (κ1) is 13.4. The minimum Gasteiger partial charge on any atom is -0.496 e. The second-order valence-corrected chi connectivity index (χ2v) is 5.38. The van der Waals surface area contributed by atoms with Crippen LogP contribution in [0.1, 0.15) is 44.6 Å². The molecule has 1 aliphatic rings. The molecule has 2 nitrogen and oxygen atoms in total.